The number of amides is 1. The zero-order valence-electron chi connectivity index (χ0n) is 17.8. The van der Waals surface area contributed by atoms with Crippen LogP contribution in [0.15, 0.2) is 53.4 Å². The Labute approximate surface area is 183 Å². The van der Waals surface area contributed by atoms with Crippen molar-refractivity contribution in [3.05, 3.63) is 59.7 Å². The van der Waals surface area contributed by atoms with Gasteiger partial charge in [0.2, 0.25) is 10.0 Å². The number of rotatable bonds is 6. The van der Waals surface area contributed by atoms with Crippen LogP contribution in [0.5, 0.6) is 0 Å². The van der Waals surface area contributed by atoms with E-state index in [1.165, 1.54) is 35.5 Å². The molecule has 1 atom stereocenters. The SMILES string of the molecule is Cc1cccc(NC(=O)C(C)OC(=O)c2ccc(S(=O)(=O)N3CCCCCC3)cc2)c1. The van der Waals surface area contributed by atoms with Crippen LogP contribution in [0.3, 0.4) is 0 Å². The molecular formula is C23H28N2O5S. The van der Waals surface area contributed by atoms with Gasteiger partial charge in [0.15, 0.2) is 6.10 Å². The highest BCUT2D eigenvalue weighted by molar-refractivity contribution is 7.89. The number of sulfonamides is 1. The quantitative estimate of drug-likeness (QED) is 0.685. The van der Waals surface area contributed by atoms with E-state index >= 15 is 0 Å². The summed E-state index contributed by atoms with van der Waals surface area (Å²) >= 11 is 0. The highest BCUT2D eigenvalue weighted by Gasteiger charge is 2.26. The third kappa shape index (κ3) is 5.92. The van der Waals surface area contributed by atoms with Crippen molar-refractivity contribution in [1.29, 1.82) is 0 Å². The molecule has 166 valence electrons. The average Bonchev–Trinajstić information content (AvgIpc) is 3.04. The molecule has 1 amide bonds. The lowest BCUT2D eigenvalue weighted by Gasteiger charge is -2.20. The van der Waals surface area contributed by atoms with Crippen molar-refractivity contribution in [2.45, 2.75) is 50.5 Å². The molecule has 31 heavy (non-hydrogen) atoms. The van der Waals surface area contributed by atoms with Crippen LogP contribution in [-0.2, 0) is 19.6 Å². The van der Waals surface area contributed by atoms with Crippen molar-refractivity contribution in [1.82, 2.24) is 4.31 Å². The van der Waals surface area contributed by atoms with Gasteiger partial charge in [0.05, 0.1) is 10.5 Å². The van der Waals surface area contributed by atoms with E-state index in [1.807, 2.05) is 25.1 Å². The molecule has 1 aliphatic heterocycles. The summed E-state index contributed by atoms with van der Waals surface area (Å²) in [5, 5.41) is 2.71. The van der Waals surface area contributed by atoms with Crippen LogP contribution in [0.1, 0.15) is 48.5 Å². The Morgan fingerprint density at radius 2 is 1.65 bits per heavy atom. The van der Waals surface area contributed by atoms with Gasteiger partial charge in [-0.05, 0) is 68.7 Å². The average molecular weight is 445 g/mol. The van der Waals surface area contributed by atoms with Crippen molar-refractivity contribution in [2.24, 2.45) is 0 Å². The minimum Gasteiger partial charge on any atom is -0.449 e. The third-order valence-corrected chi connectivity index (χ3v) is 7.14. The predicted octanol–water partition coefficient (Wildman–Crippen LogP) is 3.74. The minimum absolute atomic E-state index is 0.149. The van der Waals surface area contributed by atoms with E-state index in [0.29, 0.717) is 18.8 Å². The molecule has 1 aliphatic rings. The largest absolute Gasteiger partial charge is 0.449 e. The summed E-state index contributed by atoms with van der Waals surface area (Å²) in [6, 6.07) is 13.0. The number of anilines is 1. The molecule has 2 aromatic rings. The summed E-state index contributed by atoms with van der Waals surface area (Å²) < 4.78 is 32.4. The Bertz CT molecular complexity index is 1030. The van der Waals surface area contributed by atoms with Gasteiger partial charge in [-0.3, -0.25) is 4.79 Å². The Balaban J connectivity index is 1.62. The first-order valence-corrected chi connectivity index (χ1v) is 11.9. The monoisotopic (exact) mass is 444 g/mol. The second-order valence-electron chi connectivity index (χ2n) is 7.75. The number of hydrogen-bond donors (Lipinski definition) is 1. The molecule has 0 spiro atoms. The molecule has 1 saturated heterocycles. The lowest BCUT2D eigenvalue weighted by Crippen LogP contribution is -2.32. The van der Waals surface area contributed by atoms with Crippen LogP contribution in [0.25, 0.3) is 0 Å². The lowest BCUT2D eigenvalue weighted by atomic mass is 10.2. The number of aryl methyl sites for hydroxylation is 1. The van der Waals surface area contributed by atoms with Crippen LogP contribution in [0.4, 0.5) is 5.69 Å². The molecule has 1 fully saturated rings. The molecule has 3 rings (SSSR count). The van der Waals surface area contributed by atoms with E-state index < -0.39 is 28.0 Å². The summed E-state index contributed by atoms with van der Waals surface area (Å²) in [6.45, 7) is 4.43. The molecule has 0 aromatic heterocycles. The lowest BCUT2D eigenvalue weighted by molar-refractivity contribution is -0.123. The van der Waals surface area contributed by atoms with E-state index in [9.17, 15) is 18.0 Å². The van der Waals surface area contributed by atoms with E-state index in [-0.39, 0.29) is 10.5 Å². The summed E-state index contributed by atoms with van der Waals surface area (Å²) in [5.74, 6) is -1.13. The molecule has 0 radical (unpaired) electrons. The van der Waals surface area contributed by atoms with Crippen LogP contribution >= 0.6 is 0 Å². The topological polar surface area (TPSA) is 92.8 Å². The van der Waals surface area contributed by atoms with Crippen LogP contribution in [0.2, 0.25) is 0 Å². The molecule has 1 heterocycles. The van der Waals surface area contributed by atoms with Crippen molar-refractivity contribution in [3.63, 3.8) is 0 Å². The number of nitrogens with zero attached hydrogens (tertiary/aromatic N) is 1. The number of benzene rings is 2. The molecule has 8 heteroatoms. The van der Waals surface area contributed by atoms with Gasteiger partial charge in [0.1, 0.15) is 0 Å². The fraction of sp³-hybridized carbons (Fsp3) is 0.391. The zero-order chi connectivity index (χ0) is 22.4. The van der Waals surface area contributed by atoms with Crippen molar-refractivity contribution >= 4 is 27.6 Å². The molecule has 0 bridgehead atoms. The summed E-state index contributed by atoms with van der Waals surface area (Å²) in [7, 11) is -3.59. The summed E-state index contributed by atoms with van der Waals surface area (Å²) in [6.07, 6.45) is 2.77. The minimum atomic E-state index is -3.59. The maximum absolute atomic E-state index is 12.8. The first-order valence-electron chi connectivity index (χ1n) is 10.5. The number of carbonyl (C=O) groups excluding carboxylic acids is 2. The second-order valence-corrected chi connectivity index (χ2v) is 9.69. The van der Waals surface area contributed by atoms with Crippen LogP contribution in [-0.4, -0.2) is 43.8 Å². The van der Waals surface area contributed by atoms with Gasteiger partial charge >= 0.3 is 5.97 Å². The van der Waals surface area contributed by atoms with Crippen molar-refractivity contribution in [3.8, 4) is 0 Å². The van der Waals surface area contributed by atoms with Gasteiger partial charge in [0.25, 0.3) is 5.91 Å². The number of carbonyl (C=O) groups is 2. The van der Waals surface area contributed by atoms with Gasteiger partial charge < -0.3 is 10.1 Å². The Hall–Kier alpha value is -2.71. The van der Waals surface area contributed by atoms with Crippen molar-refractivity contribution < 1.29 is 22.7 Å². The van der Waals surface area contributed by atoms with Crippen molar-refractivity contribution in [2.75, 3.05) is 18.4 Å². The zero-order valence-corrected chi connectivity index (χ0v) is 18.7. The highest BCUT2D eigenvalue weighted by atomic mass is 32.2. The number of nitrogens with one attached hydrogen (secondary N) is 1. The molecule has 2 aromatic carbocycles. The molecule has 1 N–H and O–H groups in total. The van der Waals surface area contributed by atoms with Gasteiger partial charge in [0, 0.05) is 18.8 Å². The Kier molecular flexibility index (Phi) is 7.46. The fourth-order valence-electron chi connectivity index (χ4n) is 3.44. The first-order chi connectivity index (χ1) is 14.8. The normalized spacial score (nSPS) is 16.2. The molecule has 1 unspecified atom stereocenters. The molecular weight excluding hydrogens is 416 g/mol. The molecule has 7 nitrogen and oxygen atoms in total. The van der Waals surface area contributed by atoms with Crippen LogP contribution in [0, 0.1) is 6.92 Å². The Morgan fingerprint density at radius 3 is 2.26 bits per heavy atom. The summed E-state index contributed by atoms with van der Waals surface area (Å²) in [5.41, 5.74) is 1.80. The Morgan fingerprint density at radius 1 is 1.00 bits per heavy atom. The van der Waals surface area contributed by atoms with E-state index in [4.69, 9.17) is 4.74 Å². The number of esters is 1. The number of hydrogen-bond acceptors (Lipinski definition) is 5. The number of ether oxygens (including phenoxy) is 1. The van der Waals surface area contributed by atoms with Gasteiger partial charge in [-0.1, -0.05) is 25.0 Å². The third-order valence-electron chi connectivity index (χ3n) is 5.23. The predicted molar refractivity (Wildman–Crippen MR) is 118 cm³/mol. The highest BCUT2D eigenvalue weighted by Crippen LogP contribution is 2.21. The molecule has 0 aliphatic carbocycles. The maximum Gasteiger partial charge on any atom is 0.338 e. The van der Waals surface area contributed by atoms with Gasteiger partial charge in [-0.2, -0.15) is 4.31 Å². The standard InChI is InChI=1S/C23H28N2O5S/c1-17-8-7-9-20(16-17)24-22(26)18(2)30-23(27)19-10-12-21(13-11-19)31(28,29)25-14-5-3-4-6-15-25/h7-13,16,18H,3-6,14-15H2,1-2H3,(H,24,26). The van der Waals surface area contributed by atoms with E-state index in [2.05, 4.69) is 5.32 Å². The smallest absolute Gasteiger partial charge is 0.338 e. The second kappa shape index (κ2) is 10.1. The van der Waals surface area contributed by atoms with E-state index in [1.54, 1.807) is 6.07 Å². The molecule has 0 saturated carbocycles. The fourth-order valence-corrected chi connectivity index (χ4v) is 4.96. The van der Waals surface area contributed by atoms with E-state index in [0.717, 1.165) is 31.2 Å². The summed E-state index contributed by atoms with van der Waals surface area (Å²) in [4.78, 5) is 24.9. The maximum atomic E-state index is 12.8. The van der Waals surface area contributed by atoms with Gasteiger partial charge in [-0.15, -0.1) is 0 Å². The van der Waals surface area contributed by atoms with Crippen LogP contribution < -0.4 is 5.32 Å². The van der Waals surface area contributed by atoms with Gasteiger partial charge in [-0.25, -0.2) is 13.2 Å². The first kappa shape index (κ1) is 23.0.